The van der Waals surface area contributed by atoms with E-state index in [9.17, 15) is 9.90 Å². The Labute approximate surface area is 126 Å². The van der Waals surface area contributed by atoms with E-state index in [4.69, 9.17) is 4.74 Å². The minimum Gasteiger partial charge on any atom is -0.595 e. The SMILES string of the molecule is I.[CH2][C@H](N=C([O-])OC(C)(C)C)C(=O)OC.[Zn]. The number of carbonyl (C=O) groups is 1. The summed E-state index contributed by atoms with van der Waals surface area (Å²) >= 11 is 0. The maximum absolute atomic E-state index is 11.1. The Morgan fingerprint density at radius 2 is 1.88 bits per heavy atom. The van der Waals surface area contributed by atoms with Gasteiger partial charge in [0.25, 0.3) is 0 Å². The summed E-state index contributed by atoms with van der Waals surface area (Å²) in [6.45, 7) is 8.45. The second-order valence-corrected chi connectivity index (χ2v) is 3.65. The molecule has 0 aromatic rings. The molecular formula is C9H16INO4Zn-. The van der Waals surface area contributed by atoms with Crippen molar-refractivity contribution in [2.24, 2.45) is 4.99 Å². The summed E-state index contributed by atoms with van der Waals surface area (Å²) in [4.78, 5) is 14.2. The smallest absolute Gasteiger partial charge is 0.330 e. The van der Waals surface area contributed by atoms with Crippen molar-refractivity contribution in [2.45, 2.75) is 32.4 Å². The molecule has 0 heterocycles. The van der Waals surface area contributed by atoms with E-state index in [1.807, 2.05) is 0 Å². The van der Waals surface area contributed by atoms with Gasteiger partial charge in [0.05, 0.1) is 7.11 Å². The van der Waals surface area contributed by atoms with Crippen LogP contribution in [-0.2, 0) is 33.7 Å². The van der Waals surface area contributed by atoms with Crippen LogP contribution in [0.5, 0.6) is 0 Å². The molecule has 0 amide bonds. The van der Waals surface area contributed by atoms with E-state index in [0.29, 0.717) is 0 Å². The summed E-state index contributed by atoms with van der Waals surface area (Å²) in [7, 11) is 1.20. The van der Waals surface area contributed by atoms with E-state index >= 15 is 0 Å². The number of carbonyl (C=O) groups excluding carboxylic acids is 1. The maximum Gasteiger partial charge on any atom is 0.330 e. The largest absolute Gasteiger partial charge is 0.595 e. The van der Waals surface area contributed by atoms with E-state index in [1.54, 1.807) is 20.8 Å². The Hall–Kier alpha value is 0.0934. The topological polar surface area (TPSA) is 71.0 Å². The number of esters is 1. The molecule has 0 aromatic carbocycles. The zero-order valence-corrected chi connectivity index (χ0v) is 15.3. The van der Waals surface area contributed by atoms with E-state index in [2.05, 4.69) is 16.7 Å². The average Bonchev–Trinajstić information content (AvgIpc) is 1.99. The van der Waals surface area contributed by atoms with Crippen molar-refractivity contribution in [1.29, 1.82) is 0 Å². The van der Waals surface area contributed by atoms with Crippen molar-refractivity contribution in [1.82, 2.24) is 0 Å². The van der Waals surface area contributed by atoms with Gasteiger partial charge in [0.15, 0.2) is 0 Å². The molecule has 1 radical (unpaired) electrons. The molecule has 16 heavy (non-hydrogen) atoms. The number of rotatable bonds is 2. The molecule has 0 N–H and O–H groups in total. The Morgan fingerprint density at radius 1 is 1.44 bits per heavy atom. The maximum atomic E-state index is 11.1. The van der Waals surface area contributed by atoms with E-state index < -0.39 is 23.7 Å². The van der Waals surface area contributed by atoms with Crippen LogP contribution in [0.15, 0.2) is 4.99 Å². The van der Waals surface area contributed by atoms with Crippen molar-refractivity contribution in [3.05, 3.63) is 6.92 Å². The summed E-state index contributed by atoms with van der Waals surface area (Å²) in [5.41, 5.74) is -0.629. The number of hydrogen-bond donors (Lipinski definition) is 0. The van der Waals surface area contributed by atoms with Gasteiger partial charge in [-0.15, -0.1) is 24.0 Å². The predicted octanol–water partition coefficient (Wildman–Crippen LogP) is 0.509. The fourth-order valence-corrected chi connectivity index (χ4v) is 0.604. The molecule has 0 saturated carbocycles. The zero-order valence-electron chi connectivity index (χ0n) is 9.98. The van der Waals surface area contributed by atoms with Gasteiger partial charge < -0.3 is 14.6 Å². The first-order valence-corrected chi connectivity index (χ1v) is 4.11. The fourth-order valence-electron chi connectivity index (χ4n) is 0.604. The standard InChI is InChI=1S/C9H16NO4.HI.Zn/c1-6(7(11)13-5)10-8(12)14-9(2,3)4;;/h6H,1H2,2-5H3,(H,10,12);1H;/p-1/t6-;;/m0../s1. The molecule has 1 atom stereocenters. The van der Waals surface area contributed by atoms with Crippen LogP contribution in [0.25, 0.3) is 0 Å². The van der Waals surface area contributed by atoms with Crippen molar-refractivity contribution in [2.75, 3.05) is 7.11 Å². The minimum absolute atomic E-state index is 0. The first kappa shape index (κ1) is 21.4. The van der Waals surface area contributed by atoms with Crippen LogP contribution < -0.4 is 5.11 Å². The minimum atomic E-state index is -1.07. The van der Waals surface area contributed by atoms with Gasteiger partial charge in [-0.2, -0.15) is 0 Å². The van der Waals surface area contributed by atoms with Crippen LogP contribution in [0.4, 0.5) is 0 Å². The molecule has 0 aliphatic rings. The number of methoxy groups -OCH3 is 1. The molecule has 0 rings (SSSR count). The first-order chi connectivity index (χ1) is 6.26. The third-order valence-corrected chi connectivity index (χ3v) is 1.13. The Kier molecular flexibility index (Phi) is 12.2. The molecule has 0 bridgehead atoms. The van der Waals surface area contributed by atoms with E-state index in [0.717, 1.165) is 0 Å². The Bertz CT molecular complexity index is 240. The van der Waals surface area contributed by atoms with Gasteiger partial charge in [-0.25, -0.2) is 4.79 Å². The summed E-state index contributed by atoms with van der Waals surface area (Å²) in [5.74, 6) is -0.671. The van der Waals surface area contributed by atoms with Crippen LogP contribution in [0.2, 0.25) is 0 Å². The number of halogens is 1. The van der Waals surface area contributed by atoms with Gasteiger partial charge in [0.2, 0.25) is 0 Å². The van der Waals surface area contributed by atoms with Crippen LogP contribution in [-0.4, -0.2) is 30.8 Å². The zero-order chi connectivity index (χ0) is 11.4. The number of ether oxygens (including phenoxy) is 2. The quantitative estimate of drug-likeness (QED) is 0.225. The third kappa shape index (κ3) is 10.6. The predicted molar refractivity (Wildman–Crippen MR) is 64.8 cm³/mol. The summed E-state index contributed by atoms with van der Waals surface area (Å²) in [6.07, 6.45) is -0.817. The molecule has 7 heteroatoms. The van der Waals surface area contributed by atoms with Crippen molar-refractivity contribution in [3.63, 3.8) is 0 Å². The van der Waals surface area contributed by atoms with Crippen LogP contribution in [0.1, 0.15) is 20.8 Å². The molecule has 0 aromatic heterocycles. The fraction of sp³-hybridized carbons (Fsp3) is 0.667. The third-order valence-electron chi connectivity index (χ3n) is 1.13. The van der Waals surface area contributed by atoms with Crippen molar-refractivity contribution in [3.8, 4) is 0 Å². The van der Waals surface area contributed by atoms with Crippen molar-refractivity contribution < 1.29 is 38.9 Å². The number of aliphatic imine (C=N–C) groups is 1. The molecule has 0 unspecified atom stereocenters. The van der Waals surface area contributed by atoms with Gasteiger partial charge in [-0.3, -0.25) is 4.99 Å². The molecule has 5 nitrogen and oxygen atoms in total. The van der Waals surface area contributed by atoms with Crippen LogP contribution in [0, 0.1) is 6.92 Å². The average molecular weight is 395 g/mol. The van der Waals surface area contributed by atoms with Gasteiger partial charge in [-0.1, -0.05) is 20.8 Å². The normalized spacial score (nSPS) is 12.9. The summed E-state index contributed by atoms with van der Waals surface area (Å²) in [6, 6.07) is -1.07. The number of nitrogens with zero attached hydrogens (tertiary/aromatic N) is 1. The number of hydrogen-bond acceptors (Lipinski definition) is 5. The molecule has 0 spiro atoms. The molecule has 91 valence electrons. The van der Waals surface area contributed by atoms with Gasteiger partial charge >= 0.3 is 5.97 Å². The van der Waals surface area contributed by atoms with Gasteiger partial charge in [-0.05, 0) is 6.92 Å². The van der Waals surface area contributed by atoms with Crippen molar-refractivity contribution >= 4 is 36.0 Å². The monoisotopic (exact) mass is 393 g/mol. The second-order valence-electron chi connectivity index (χ2n) is 3.65. The summed E-state index contributed by atoms with van der Waals surface area (Å²) < 4.78 is 9.19. The van der Waals surface area contributed by atoms with Gasteiger partial charge in [0.1, 0.15) is 12.1 Å². The van der Waals surface area contributed by atoms with E-state index in [1.165, 1.54) is 7.11 Å². The van der Waals surface area contributed by atoms with E-state index in [-0.39, 0.29) is 43.5 Å². The molecule has 0 saturated heterocycles. The Balaban J connectivity index is -0.000000845. The first-order valence-electron chi connectivity index (χ1n) is 4.11. The second kappa shape index (κ2) is 9.16. The summed E-state index contributed by atoms with van der Waals surface area (Å²) in [5, 5.41) is 11.1. The van der Waals surface area contributed by atoms with Crippen LogP contribution in [0.3, 0.4) is 0 Å². The molecule has 0 aliphatic carbocycles. The molecular weight excluding hydrogens is 378 g/mol. The van der Waals surface area contributed by atoms with Gasteiger partial charge in [0, 0.05) is 25.1 Å². The Morgan fingerprint density at radius 3 is 2.19 bits per heavy atom. The molecule has 0 fully saturated rings. The van der Waals surface area contributed by atoms with Crippen LogP contribution >= 0.6 is 24.0 Å². The molecule has 0 aliphatic heterocycles.